The molecule has 4 nitrogen and oxygen atoms in total. The molecule has 0 bridgehead atoms. The Morgan fingerprint density at radius 1 is 1.19 bits per heavy atom. The average molecular weight is 380 g/mol. The summed E-state index contributed by atoms with van der Waals surface area (Å²) in [6.07, 6.45) is 2.18. The molecule has 0 spiro atoms. The Kier molecular flexibility index (Phi) is 4.64. The second-order valence-corrected chi connectivity index (χ2v) is 8.57. The van der Waals surface area contributed by atoms with Crippen molar-refractivity contribution in [2.75, 3.05) is 19.0 Å². The second-order valence-electron chi connectivity index (χ2n) is 7.66. The molecule has 0 aliphatic heterocycles. The summed E-state index contributed by atoms with van der Waals surface area (Å²) in [6, 6.07) is 10.9. The molecule has 1 saturated carbocycles. The summed E-state index contributed by atoms with van der Waals surface area (Å²) < 4.78 is 0. The van der Waals surface area contributed by atoms with Crippen molar-refractivity contribution in [2.45, 2.75) is 39.3 Å². The lowest BCUT2D eigenvalue weighted by molar-refractivity contribution is 0.0734. The van der Waals surface area contributed by atoms with Gasteiger partial charge in [0.2, 0.25) is 0 Å². The summed E-state index contributed by atoms with van der Waals surface area (Å²) in [5.74, 6) is 1.09. The van der Waals surface area contributed by atoms with Gasteiger partial charge in [-0.2, -0.15) is 0 Å². The minimum Gasteiger partial charge on any atom is -0.362 e. The lowest BCUT2D eigenvalue weighted by atomic mass is 10.1. The number of fused-ring (bicyclic) bond motifs is 1. The van der Waals surface area contributed by atoms with Crippen LogP contribution in [0.4, 0.5) is 5.82 Å². The number of amides is 1. The molecular weight excluding hydrogens is 354 g/mol. The van der Waals surface area contributed by atoms with Crippen molar-refractivity contribution in [3.8, 4) is 0 Å². The molecule has 1 aromatic carbocycles. The fourth-order valence-corrected chi connectivity index (χ4v) is 4.35. The maximum absolute atomic E-state index is 13.2. The maximum Gasteiger partial charge on any atom is 0.264 e. The van der Waals surface area contributed by atoms with Crippen molar-refractivity contribution < 1.29 is 4.79 Å². The molecule has 0 saturated heterocycles. The molecule has 1 fully saturated rings. The monoisotopic (exact) mass is 379 g/mol. The van der Waals surface area contributed by atoms with Gasteiger partial charge in [-0.1, -0.05) is 12.1 Å². The fourth-order valence-electron chi connectivity index (χ4n) is 3.47. The van der Waals surface area contributed by atoms with E-state index in [1.165, 1.54) is 16.9 Å². The first-order valence-electron chi connectivity index (χ1n) is 9.36. The molecule has 27 heavy (non-hydrogen) atoms. The Morgan fingerprint density at radius 2 is 1.96 bits per heavy atom. The summed E-state index contributed by atoms with van der Waals surface area (Å²) in [5, 5.41) is 3.12. The number of thiophene rings is 1. The topological polar surface area (TPSA) is 36.4 Å². The van der Waals surface area contributed by atoms with Gasteiger partial charge < -0.3 is 9.80 Å². The highest BCUT2D eigenvalue weighted by Crippen LogP contribution is 2.33. The number of benzene rings is 1. The van der Waals surface area contributed by atoms with Gasteiger partial charge in [0.05, 0.1) is 10.4 Å². The number of nitrogens with zero attached hydrogens (tertiary/aromatic N) is 3. The van der Waals surface area contributed by atoms with Crippen LogP contribution in [-0.2, 0) is 6.54 Å². The molecule has 0 N–H and O–H groups in total. The van der Waals surface area contributed by atoms with Gasteiger partial charge in [-0.25, -0.2) is 4.98 Å². The highest BCUT2D eigenvalue weighted by atomic mass is 32.1. The Morgan fingerprint density at radius 3 is 2.59 bits per heavy atom. The predicted molar refractivity (Wildman–Crippen MR) is 113 cm³/mol. The Labute approximate surface area is 164 Å². The quantitative estimate of drug-likeness (QED) is 0.640. The van der Waals surface area contributed by atoms with Crippen molar-refractivity contribution in [3.63, 3.8) is 0 Å². The smallest absolute Gasteiger partial charge is 0.264 e. The number of carbonyl (C=O) groups is 1. The first-order valence-corrected chi connectivity index (χ1v) is 10.2. The number of anilines is 1. The molecule has 1 amide bonds. The number of carbonyl (C=O) groups excluding carboxylic acids is 1. The van der Waals surface area contributed by atoms with Crippen molar-refractivity contribution in [1.29, 1.82) is 0 Å². The number of aryl methyl sites for hydroxylation is 2. The van der Waals surface area contributed by atoms with E-state index in [0.29, 0.717) is 12.6 Å². The van der Waals surface area contributed by atoms with Crippen LogP contribution in [0.15, 0.2) is 35.7 Å². The van der Waals surface area contributed by atoms with E-state index in [1.54, 1.807) is 0 Å². The molecule has 0 radical (unpaired) electrons. The van der Waals surface area contributed by atoms with Crippen LogP contribution >= 0.6 is 11.3 Å². The zero-order valence-corrected chi connectivity index (χ0v) is 17.1. The predicted octanol–water partition coefficient (Wildman–Crippen LogP) is 4.78. The first kappa shape index (κ1) is 18.0. The van der Waals surface area contributed by atoms with Crippen molar-refractivity contribution in [1.82, 2.24) is 9.88 Å². The van der Waals surface area contributed by atoms with Gasteiger partial charge in [0, 0.05) is 37.6 Å². The van der Waals surface area contributed by atoms with Crippen LogP contribution in [0.25, 0.3) is 10.9 Å². The number of rotatable bonds is 5. The van der Waals surface area contributed by atoms with Gasteiger partial charge in [0.1, 0.15) is 5.82 Å². The Bertz CT molecular complexity index is 1000. The van der Waals surface area contributed by atoms with E-state index < -0.39 is 0 Å². The van der Waals surface area contributed by atoms with Crippen LogP contribution in [0.5, 0.6) is 0 Å². The number of pyridine rings is 1. The van der Waals surface area contributed by atoms with Gasteiger partial charge in [0.15, 0.2) is 0 Å². The van der Waals surface area contributed by atoms with E-state index in [-0.39, 0.29) is 5.91 Å². The zero-order valence-electron chi connectivity index (χ0n) is 16.3. The van der Waals surface area contributed by atoms with E-state index in [1.807, 2.05) is 42.3 Å². The third-order valence-electron chi connectivity index (χ3n) is 5.10. The minimum atomic E-state index is 0.152. The van der Waals surface area contributed by atoms with E-state index in [0.717, 1.165) is 45.6 Å². The third-order valence-corrected chi connectivity index (χ3v) is 6.10. The fraction of sp³-hybridized carbons (Fsp3) is 0.364. The van der Waals surface area contributed by atoms with Crippen LogP contribution in [0.3, 0.4) is 0 Å². The molecule has 2 aromatic heterocycles. The summed E-state index contributed by atoms with van der Waals surface area (Å²) >= 11 is 1.54. The summed E-state index contributed by atoms with van der Waals surface area (Å²) in [4.78, 5) is 23.1. The molecule has 0 unspecified atom stereocenters. The van der Waals surface area contributed by atoms with Gasteiger partial charge in [-0.05, 0) is 61.4 Å². The second kappa shape index (κ2) is 6.97. The van der Waals surface area contributed by atoms with Gasteiger partial charge in [-0.15, -0.1) is 11.3 Å². The Balaban J connectivity index is 1.73. The maximum atomic E-state index is 13.2. The van der Waals surface area contributed by atoms with Crippen LogP contribution in [0.2, 0.25) is 0 Å². The normalized spacial score (nSPS) is 13.8. The van der Waals surface area contributed by atoms with Crippen molar-refractivity contribution >= 4 is 34.0 Å². The minimum absolute atomic E-state index is 0.152. The van der Waals surface area contributed by atoms with Crippen LogP contribution in [-0.4, -0.2) is 35.9 Å². The summed E-state index contributed by atoms with van der Waals surface area (Å²) in [6.45, 7) is 4.70. The highest BCUT2D eigenvalue weighted by Gasteiger charge is 2.34. The highest BCUT2D eigenvalue weighted by molar-refractivity contribution is 7.12. The van der Waals surface area contributed by atoms with Gasteiger partial charge >= 0.3 is 0 Å². The molecule has 3 aromatic rings. The van der Waals surface area contributed by atoms with Crippen LogP contribution < -0.4 is 4.90 Å². The zero-order chi connectivity index (χ0) is 19.1. The molecule has 1 aliphatic carbocycles. The molecule has 2 heterocycles. The molecule has 0 atom stereocenters. The standard InChI is InChI=1S/C22H25N3OS/c1-14-5-6-16-12-17(21(24(3)4)23-19(16)11-14)13-25(18-7-8-18)22(26)20-15(2)9-10-27-20/h5-6,9-12,18H,7-8,13H2,1-4H3. The van der Waals surface area contributed by atoms with Crippen molar-refractivity contribution in [2.24, 2.45) is 0 Å². The number of hydrogen-bond donors (Lipinski definition) is 0. The van der Waals surface area contributed by atoms with Crippen LogP contribution in [0, 0.1) is 13.8 Å². The summed E-state index contributed by atoms with van der Waals surface area (Å²) in [5.41, 5.74) is 4.37. The summed E-state index contributed by atoms with van der Waals surface area (Å²) in [7, 11) is 4.03. The third kappa shape index (κ3) is 3.56. The molecule has 5 heteroatoms. The van der Waals surface area contributed by atoms with E-state index >= 15 is 0 Å². The van der Waals surface area contributed by atoms with E-state index in [9.17, 15) is 4.79 Å². The molecular formula is C22H25N3OS. The molecule has 4 rings (SSSR count). The Hall–Kier alpha value is -2.40. The largest absolute Gasteiger partial charge is 0.362 e. The van der Waals surface area contributed by atoms with E-state index in [2.05, 4.69) is 31.2 Å². The first-order chi connectivity index (χ1) is 12.9. The van der Waals surface area contributed by atoms with Crippen LogP contribution in [0.1, 0.15) is 39.2 Å². The molecule has 1 aliphatic rings. The van der Waals surface area contributed by atoms with E-state index in [4.69, 9.17) is 4.98 Å². The average Bonchev–Trinajstić information content (AvgIpc) is 3.38. The number of aromatic nitrogens is 1. The molecule has 140 valence electrons. The van der Waals surface area contributed by atoms with Gasteiger partial charge in [0.25, 0.3) is 5.91 Å². The lowest BCUT2D eigenvalue weighted by Crippen LogP contribution is -2.33. The number of hydrogen-bond acceptors (Lipinski definition) is 4. The van der Waals surface area contributed by atoms with Gasteiger partial charge in [-0.3, -0.25) is 4.79 Å². The SMILES string of the molecule is Cc1ccc2cc(CN(C(=O)c3sccc3C)C3CC3)c(N(C)C)nc2c1. The lowest BCUT2D eigenvalue weighted by Gasteiger charge is -2.25. The van der Waals surface area contributed by atoms with Crippen molar-refractivity contribution in [3.05, 3.63) is 57.3 Å².